The molecule has 0 bridgehead atoms. The molecule has 2 N–H and O–H groups in total. The summed E-state index contributed by atoms with van der Waals surface area (Å²) >= 11 is 0. The van der Waals surface area contributed by atoms with E-state index in [1.54, 1.807) is 12.4 Å². The molecule has 0 aromatic carbocycles. The first-order valence-corrected chi connectivity index (χ1v) is 6.32. The van der Waals surface area contributed by atoms with Crippen molar-refractivity contribution < 1.29 is 5.11 Å². The molecule has 2 rings (SSSR count). The summed E-state index contributed by atoms with van der Waals surface area (Å²) in [5.74, 6) is 1.57. The molecule has 17 heavy (non-hydrogen) atoms. The predicted octanol–water partition coefficient (Wildman–Crippen LogP) is 2.14. The van der Waals surface area contributed by atoms with Crippen LogP contribution in [0.4, 0.5) is 5.82 Å². The summed E-state index contributed by atoms with van der Waals surface area (Å²) < 4.78 is 0. The van der Waals surface area contributed by atoms with Crippen LogP contribution in [-0.2, 0) is 0 Å². The minimum atomic E-state index is -0.201. The summed E-state index contributed by atoms with van der Waals surface area (Å²) in [7, 11) is 0. The molecule has 0 radical (unpaired) electrons. The Morgan fingerprint density at radius 2 is 2.00 bits per heavy atom. The highest BCUT2D eigenvalue weighted by Gasteiger charge is 2.34. The van der Waals surface area contributed by atoms with E-state index in [2.05, 4.69) is 22.2 Å². The minimum absolute atomic E-state index is 0.162. The number of hydrogen-bond acceptors (Lipinski definition) is 4. The average molecular weight is 235 g/mol. The minimum Gasteiger partial charge on any atom is -0.394 e. The van der Waals surface area contributed by atoms with Crippen LogP contribution >= 0.6 is 0 Å². The van der Waals surface area contributed by atoms with Gasteiger partial charge in [0.15, 0.2) is 0 Å². The van der Waals surface area contributed by atoms with Crippen LogP contribution < -0.4 is 5.32 Å². The first-order valence-electron chi connectivity index (χ1n) is 6.32. The van der Waals surface area contributed by atoms with E-state index in [4.69, 9.17) is 0 Å². The lowest BCUT2D eigenvalue weighted by Gasteiger charge is -2.39. The zero-order valence-electron chi connectivity index (χ0n) is 10.6. The molecule has 0 atom stereocenters. The van der Waals surface area contributed by atoms with E-state index in [-0.39, 0.29) is 12.1 Å². The number of aromatic nitrogens is 2. The molecule has 1 aromatic rings. The number of nitrogens with zero attached hydrogens (tertiary/aromatic N) is 2. The lowest BCUT2D eigenvalue weighted by molar-refractivity contribution is 0.155. The highest BCUT2D eigenvalue weighted by Crippen LogP contribution is 2.34. The third-order valence-electron chi connectivity index (χ3n) is 3.80. The lowest BCUT2D eigenvalue weighted by atomic mass is 9.77. The van der Waals surface area contributed by atoms with E-state index in [9.17, 15) is 5.11 Å². The molecule has 4 heteroatoms. The van der Waals surface area contributed by atoms with Crippen molar-refractivity contribution in [2.24, 2.45) is 5.92 Å². The Balaban J connectivity index is 2.12. The van der Waals surface area contributed by atoms with Gasteiger partial charge in [0, 0.05) is 12.4 Å². The van der Waals surface area contributed by atoms with Gasteiger partial charge in [0.05, 0.1) is 17.8 Å². The van der Waals surface area contributed by atoms with Crippen LogP contribution in [0.2, 0.25) is 0 Å². The Kier molecular flexibility index (Phi) is 3.62. The summed E-state index contributed by atoms with van der Waals surface area (Å²) in [4.78, 5) is 8.52. The molecule has 0 aliphatic heterocycles. The fourth-order valence-corrected chi connectivity index (χ4v) is 2.42. The van der Waals surface area contributed by atoms with E-state index in [1.165, 1.54) is 0 Å². The van der Waals surface area contributed by atoms with Gasteiger partial charge < -0.3 is 10.4 Å². The van der Waals surface area contributed by atoms with Gasteiger partial charge in [-0.15, -0.1) is 0 Å². The van der Waals surface area contributed by atoms with Crippen LogP contribution in [0.3, 0.4) is 0 Å². The van der Waals surface area contributed by atoms with Crippen molar-refractivity contribution in [3.05, 3.63) is 18.1 Å². The SMILES string of the molecule is Cc1nccnc1NC1(CO)CCC(C)CC1. The summed E-state index contributed by atoms with van der Waals surface area (Å²) in [6.07, 6.45) is 7.70. The van der Waals surface area contributed by atoms with Crippen LogP contribution in [0, 0.1) is 12.8 Å². The molecule has 0 unspecified atom stereocenters. The van der Waals surface area contributed by atoms with Gasteiger partial charge >= 0.3 is 0 Å². The summed E-state index contributed by atoms with van der Waals surface area (Å²) in [6.45, 7) is 4.37. The van der Waals surface area contributed by atoms with Crippen LogP contribution in [0.15, 0.2) is 12.4 Å². The second kappa shape index (κ2) is 5.00. The molecule has 1 aliphatic carbocycles. The second-order valence-electron chi connectivity index (χ2n) is 5.24. The average Bonchev–Trinajstić information content (AvgIpc) is 2.35. The second-order valence-corrected chi connectivity index (χ2v) is 5.24. The zero-order valence-corrected chi connectivity index (χ0v) is 10.6. The number of nitrogens with one attached hydrogen (secondary N) is 1. The van der Waals surface area contributed by atoms with Crippen molar-refractivity contribution in [2.45, 2.75) is 45.1 Å². The Bertz CT molecular complexity index is 373. The van der Waals surface area contributed by atoms with Crippen molar-refractivity contribution in [1.82, 2.24) is 9.97 Å². The third kappa shape index (κ3) is 2.75. The zero-order chi connectivity index (χ0) is 12.3. The number of aryl methyl sites for hydroxylation is 1. The Labute approximate surface area is 102 Å². The van der Waals surface area contributed by atoms with Gasteiger partial charge in [0.25, 0.3) is 0 Å². The molecule has 0 saturated heterocycles. The molecule has 1 fully saturated rings. The van der Waals surface area contributed by atoms with E-state index in [0.29, 0.717) is 0 Å². The number of anilines is 1. The number of rotatable bonds is 3. The number of aliphatic hydroxyl groups excluding tert-OH is 1. The van der Waals surface area contributed by atoms with Gasteiger partial charge in [-0.2, -0.15) is 0 Å². The van der Waals surface area contributed by atoms with E-state index < -0.39 is 0 Å². The molecule has 4 nitrogen and oxygen atoms in total. The molecule has 0 amide bonds. The van der Waals surface area contributed by atoms with Crippen molar-refractivity contribution >= 4 is 5.82 Å². The van der Waals surface area contributed by atoms with Gasteiger partial charge in [-0.25, -0.2) is 4.98 Å². The first-order chi connectivity index (χ1) is 8.15. The smallest absolute Gasteiger partial charge is 0.147 e. The third-order valence-corrected chi connectivity index (χ3v) is 3.80. The van der Waals surface area contributed by atoms with Crippen molar-refractivity contribution in [3.8, 4) is 0 Å². The number of hydrogen-bond donors (Lipinski definition) is 2. The molecule has 94 valence electrons. The monoisotopic (exact) mass is 235 g/mol. The highest BCUT2D eigenvalue weighted by atomic mass is 16.3. The topological polar surface area (TPSA) is 58.0 Å². The fraction of sp³-hybridized carbons (Fsp3) is 0.692. The van der Waals surface area contributed by atoms with Crippen LogP contribution in [0.25, 0.3) is 0 Å². The highest BCUT2D eigenvalue weighted by molar-refractivity contribution is 5.41. The fourth-order valence-electron chi connectivity index (χ4n) is 2.42. The molecule has 0 spiro atoms. The molecule has 1 aromatic heterocycles. The van der Waals surface area contributed by atoms with E-state index in [0.717, 1.165) is 43.1 Å². The van der Waals surface area contributed by atoms with Crippen molar-refractivity contribution in [3.63, 3.8) is 0 Å². The maximum Gasteiger partial charge on any atom is 0.147 e. The maximum atomic E-state index is 9.67. The van der Waals surface area contributed by atoms with Crippen molar-refractivity contribution in [2.75, 3.05) is 11.9 Å². The summed E-state index contributed by atoms with van der Waals surface area (Å²) in [5, 5.41) is 13.1. The molecule has 1 saturated carbocycles. The molecular weight excluding hydrogens is 214 g/mol. The van der Waals surface area contributed by atoms with Gasteiger partial charge in [0.1, 0.15) is 5.82 Å². The van der Waals surface area contributed by atoms with Gasteiger partial charge in [-0.1, -0.05) is 6.92 Å². The molecular formula is C13H21N3O. The molecule has 1 aliphatic rings. The largest absolute Gasteiger partial charge is 0.394 e. The van der Waals surface area contributed by atoms with Gasteiger partial charge in [-0.3, -0.25) is 4.98 Å². The Hall–Kier alpha value is -1.16. The van der Waals surface area contributed by atoms with Crippen LogP contribution in [0.1, 0.15) is 38.3 Å². The Morgan fingerprint density at radius 1 is 1.35 bits per heavy atom. The standard InChI is InChI=1S/C13H21N3O/c1-10-3-5-13(9-17,6-4-10)16-12-11(2)14-7-8-15-12/h7-8,10,17H,3-6,9H2,1-2H3,(H,15,16). The normalized spacial score (nSPS) is 29.0. The van der Waals surface area contributed by atoms with Gasteiger partial charge in [0.2, 0.25) is 0 Å². The quantitative estimate of drug-likeness (QED) is 0.842. The summed E-state index contributed by atoms with van der Waals surface area (Å²) in [5.41, 5.74) is 0.687. The molecule has 1 heterocycles. The van der Waals surface area contributed by atoms with E-state index in [1.807, 2.05) is 6.92 Å². The predicted molar refractivity (Wildman–Crippen MR) is 67.8 cm³/mol. The summed E-state index contributed by atoms with van der Waals surface area (Å²) in [6, 6.07) is 0. The Morgan fingerprint density at radius 3 is 2.59 bits per heavy atom. The van der Waals surface area contributed by atoms with E-state index >= 15 is 0 Å². The maximum absolute atomic E-state index is 9.67. The van der Waals surface area contributed by atoms with Crippen LogP contribution in [-0.4, -0.2) is 27.2 Å². The first kappa shape index (κ1) is 12.3. The lowest BCUT2D eigenvalue weighted by Crippen LogP contribution is -2.45. The van der Waals surface area contributed by atoms with Crippen molar-refractivity contribution in [1.29, 1.82) is 0 Å². The van der Waals surface area contributed by atoms with Gasteiger partial charge in [-0.05, 0) is 38.5 Å². The number of aliphatic hydroxyl groups is 1. The van der Waals surface area contributed by atoms with Crippen LogP contribution in [0.5, 0.6) is 0 Å².